The van der Waals surface area contributed by atoms with Gasteiger partial charge in [0.2, 0.25) is 5.91 Å². The number of carbonyl (C=O) groups is 3. The molecule has 0 spiro atoms. The molecule has 1 aromatic heterocycles. The first-order valence-electron chi connectivity index (χ1n) is 15.5. The summed E-state index contributed by atoms with van der Waals surface area (Å²) in [4.78, 5) is 59.4. The SMILES string of the molecule is Cc1cc(C(C=O)Nc2ccc3nc[nH]c(=O)c3c2)cc(C)c1CN(CC(=O)Nc1ccc(S(=O)O)c(CN)c1)C(=O)OCc1ccccc1. The number of nitrogens with zero attached hydrogens (tertiary/aromatic N) is 2. The van der Waals surface area contributed by atoms with Gasteiger partial charge in [0, 0.05) is 17.9 Å². The molecule has 13 nitrogen and oxygen atoms in total. The molecule has 50 heavy (non-hydrogen) atoms. The average Bonchev–Trinajstić information content (AvgIpc) is 3.11. The third-order valence-electron chi connectivity index (χ3n) is 8.08. The summed E-state index contributed by atoms with van der Waals surface area (Å²) in [6, 6.07) is 21.5. The number of H-pyrrole nitrogens is 1. The second kappa shape index (κ2) is 16.1. The largest absolute Gasteiger partial charge is 0.445 e. The van der Waals surface area contributed by atoms with E-state index in [2.05, 4.69) is 20.6 Å². The topological polar surface area (TPSA) is 197 Å². The number of benzene rings is 4. The van der Waals surface area contributed by atoms with Gasteiger partial charge in [0.25, 0.3) is 5.56 Å². The van der Waals surface area contributed by atoms with E-state index in [1.54, 1.807) is 18.2 Å². The van der Waals surface area contributed by atoms with Crippen LogP contribution < -0.4 is 21.9 Å². The van der Waals surface area contributed by atoms with Gasteiger partial charge in [-0.15, -0.1) is 0 Å². The van der Waals surface area contributed by atoms with Gasteiger partial charge in [-0.1, -0.05) is 42.5 Å². The molecule has 2 amide bonds. The summed E-state index contributed by atoms with van der Waals surface area (Å²) in [6.45, 7) is 3.34. The number of hydrogen-bond donors (Lipinski definition) is 5. The highest BCUT2D eigenvalue weighted by Crippen LogP contribution is 2.26. The molecule has 0 aliphatic rings. The van der Waals surface area contributed by atoms with Crippen molar-refractivity contribution in [2.45, 2.75) is 44.5 Å². The van der Waals surface area contributed by atoms with Gasteiger partial charge in [-0.25, -0.2) is 14.0 Å². The Labute approximate surface area is 290 Å². The van der Waals surface area contributed by atoms with Crippen LogP contribution in [-0.2, 0) is 45.1 Å². The van der Waals surface area contributed by atoms with Crippen molar-refractivity contribution in [1.29, 1.82) is 0 Å². The lowest BCUT2D eigenvalue weighted by atomic mass is 9.95. The summed E-state index contributed by atoms with van der Waals surface area (Å²) >= 11 is -2.24. The van der Waals surface area contributed by atoms with Gasteiger partial charge in [-0.3, -0.25) is 14.5 Å². The first kappa shape index (κ1) is 35.6. The van der Waals surface area contributed by atoms with E-state index in [1.165, 1.54) is 29.4 Å². The van der Waals surface area contributed by atoms with Crippen molar-refractivity contribution in [2.24, 2.45) is 5.73 Å². The summed E-state index contributed by atoms with van der Waals surface area (Å²) in [6.07, 6.45) is 1.38. The van der Waals surface area contributed by atoms with Gasteiger partial charge in [-0.05, 0) is 83.6 Å². The highest BCUT2D eigenvalue weighted by molar-refractivity contribution is 7.79. The van der Waals surface area contributed by atoms with Crippen molar-refractivity contribution in [1.82, 2.24) is 14.9 Å². The number of aryl methyl sites for hydroxylation is 2. The Morgan fingerprint density at radius 1 is 1.04 bits per heavy atom. The number of carbonyl (C=O) groups excluding carboxylic acids is 3. The number of amides is 2. The smallest absolute Gasteiger partial charge is 0.410 e. The standard InChI is InChI=1S/C36H36N6O7S/c1-22-12-25(32(19-43)40-28-8-10-31-29(15-28)35(45)39-21-38-31)13-23(2)30(22)17-42(36(46)49-20-24-6-4-3-5-7-24)18-34(44)41-27-9-11-33(50(47)48)26(14-27)16-37/h3-15,19,21,32,40H,16-18,20,37H2,1-2H3,(H,41,44)(H,47,48)(H,38,39,45). The molecule has 0 aliphatic carbocycles. The zero-order chi connectivity index (χ0) is 35.8. The molecular weight excluding hydrogens is 660 g/mol. The number of hydrogen-bond acceptors (Lipinski definition) is 9. The molecule has 1 heterocycles. The maximum Gasteiger partial charge on any atom is 0.410 e. The van der Waals surface area contributed by atoms with E-state index in [9.17, 15) is 27.9 Å². The van der Waals surface area contributed by atoms with Gasteiger partial charge in [0.1, 0.15) is 25.5 Å². The van der Waals surface area contributed by atoms with Crippen molar-refractivity contribution in [2.75, 3.05) is 17.2 Å². The number of fused-ring (bicyclic) bond motifs is 1. The van der Waals surface area contributed by atoms with E-state index in [0.29, 0.717) is 33.4 Å². The third kappa shape index (κ3) is 8.66. The van der Waals surface area contributed by atoms with Gasteiger partial charge < -0.3 is 35.4 Å². The highest BCUT2D eigenvalue weighted by atomic mass is 32.2. The fourth-order valence-electron chi connectivity index (χ4n) is 5.54. The average molecular weight is 697 g/mol. The molecule has 0 radical (unpaired) electrons. The fraction of sp³-hybridized carbons (Fsp3) is 0.194. The number of aldehydes is 1. The summed E-state index contributed by atoms with van der Waals surface area (Å²) in [7, 11) is 0. The molecule has 2 atom stereocenters. The molecule has 0 fully saturated rings. The van der Waals surface area contributed by atoms with Crippen LogP contribution >= 0.6 is 0 Å². The number of nitrogens with two attached hydrogens (primary N) is 1. The molecule has 258 valence electrons. The molecule has 5 aromatic rings. The second-order valence-electron chi connectivity index (χ2n) is 11.6. The molecule has 0 saturated carbocycles. The predicted molar refractivity (Wildman–Crippen MR) is 190 cm³/mol. The van der Waals surface area contributed by atoms with Crippen LogP contribution in [0.15, 0.2) is 94.9 Å². The highest BCUT2D eigenvalue weighted by Gasteiger charge is 2.23. The Balaban J connectivity index is 1.37. The lowest BCUT2D eigenvalue weighted by Gasteiger charge is -2.25. The number of ether oxygens (including phenoxy) is 1. The lowest BCUT2D eigenvalue weighted by Crippen LogP contribution is -2.38. The molecule has 4 aromatic carbocycles. The second-order valence-corrected chi connectivity index (χ2v) is 12.5. The summed E-state index contributed by atoms with van der Waals surface area (Å²) < 4.78 is 26.7. The molecule has 0 saturated heterocycles. The van der Waals surface area contributed by atoms with Crippen LogP contribution in [0.2, 0.25) is 0 Å². The Bertz CT molecular complexity index is 2100. The molecule has 5 rings (SSSR count). The van der Waals surface area contributed by atoms with Crippen LogP contribution in [0.25, 0.3) is 10.9 Å². The third-order valence-corrected chi connectivity index (χ3v) is 8.85. The van der Waals surface area contributed by atoms with Gasteiger partial charge in [-0.2, -0.15) is 0 Å². The Kier molecular flexibility index (Phi) is 11.5. The number of aromatic amines is 1. The van der Waals surface area contributed by atoms with Gasteiger partial charge in [0.15, 0.2) is 11.1 Å². The zero-order valence-electron chi connectivity index (χ0n) is 27.3. The Hall–Kier alpha value is -5.70. The zero-order valence-corrected chi connectivity index (χ0v) is 28.2. The Morgan fingerprint density at radius 2 is 1.76 bits per heavy atom. The minimum absolute atomic E-state index is 0.00228. The number of anilines is 2. The van der Waals surface area contributed by atoms with Crippen LogP contribution in [-0.4, -0.2) is 48.5 Å². The monoisotopic (exact) mass is 696 g/mol. The molecule has 0 aliphatic heterocycles. The maximum atomic E-state index is 13.5. The lowest BCUT2D eigenvalue weighted by molar-refractivity contribution is -0.117. The fourth-order valence-corrected chi connectivity index (χ4v) is 6.09. The molecule has 14 heteroatoms. The van der Waals surface area contributed by atoms with E-state index in [0.717, 1.165) is 28.5 Å². The van der Waals surface area contributed by atoms with Gasteiger partial charge >= 0.3 is 6.09 Å². The van der Waals surface area contributed by atoms with Crippen LogP contribution in [0.4, 0.5) is 16.2 Å². The number of rotatable bonds is 13. The van der Waals surface area contributed by atoms with Crippen molar-refractivity contribution < 1.29 is 27.9 Å². The maximum absolute atomic E-state index is 13.5. The van der Waals surface area contributed by atoms with Crippen LogP contribution in [0.1, 0.15) is 39.4 Å². The van der Waals surface area contributed by atoms with Crippen LogP contribution in [0, 0.1) is 13.8 Å². The number of aromatic nitrogens is 2. The summed E-state index contributed by atoms with van der Waals surface area (Å²) in [5.41, 5.74) is 11.0. The van der Waals surface area contributed by atoms with Gasteiger partial charge in [0.05, 0.1) is 28.7 Å². The van der Waals surface area contributed by atoms with Crippen molar-refractivity contribution in [3.63, 3.8) is 0 Å². The van der Waals surface area contributed by atoms with E-state index in [4.69, 9.17) is 10.5 Å². The van der Waals surface area contributed by atoms with Crippen molar-refractivity contribution in [3.8, 4) is 0 Å². The van der Waals surface area contributed by atoms with Crippen LogP contribution in [0.5, 0.6) is 0 Å². The molecule has 2 unspecified atom stereocenters. The normalized spacial score (nSPS) is 12.2. The van der Waals surface area contributed by atoms with Crippen LogP contribution in [0.3, 0.4) is 0 Å². The van der Waals surface area contributed by atoms with E-state index in [1.807, 2.05) is 56.3 Å². The van der Waals surface area contributed by atoms with E-state index in [-0.39, 0.29) is 36.7 Å². The minimum atomic E-state index is -2.24. The Morgan fingerprint density at radius 3 is 2.44 bits per heavy atom. The summed E-state index contributed by atoms with van der Waals surface area (Å²) in [5.74, 6) is -0.524. The molecular formula is C36H36N6O7S. The minimum Gasteiger partial charge on any atom is -0.445 e. The quantitative estimate of drug-likeness (QED) is 0.0849. The molecule has 0 bridgehead atoms. The predicted octanol–water partition coefficient (Wildman–Crippen LogP) is 4.71. The van der Waals surface area contributed by atoms with E-state index >= 15 is 0 Å². The molecule has 6 N–H and O–H groups in total. The summed E-state index contributed by atoms with van der Waals surface area (Å²) in [5, 5.41) is 6.28. The number of nitrogens with one attached hydrogen (secondary N) is 3. The van der Waals surface area contributed by atoms with E-state index < -0.39 is 29.1 Å². The first-order chi connectivity index (χ1) is 24.1. The van der Waals surface area contributed by atoms with Crippen molar-refractivity contribution in [3.05, 3.63) is 129 Å². The van der Waals surface area contributed by atoms with Crippen molar-refractivity contribution >= 4 is 51.6 Å². The first-order valence-corrected chi connectivity index (χ1v) is 16.7.